The zero-order chi connectivity index (χ0) is 23.8. The van der Waals surface area contributed by atoms with E-state index in [9.17, 15) is 26.4 Å². The van der Waals surface area contributed by atoms with Crippen molar-refractivity contribution in [2.75, 3.05) is 22.4 Å². The van der Waals surface area contributed by atoms with Gasteiger partial charge in [0.1, 0.15) is 0 Å². The van der Waals surface area contributed by atoms with Gasteiger partial charge < -0.3 is 10.1 Å². The van der Waals surface area contributed by atoms with Crippen LogP contribution in [-0.2, 0) is 35.8 Å². The van der Waals surface area contributed by atoms with Crippen LogP contribution in [0.3, 0.4) is 0 Å². The van der Waals surface area contributed by atoms with E-state index in [0.717, 1.165) is 5.56 Å². The Balaban J connectivity index is 1.44. The molecule has 1 fully saturated rings. The van der Waals surface area contributed by atoms with Crippen molar-refractivity contribution in [1.29, 1.82) is 0 Å². The summed E-state index contributed by atoms with van der Waals surface area (Å²) in [6.45, 7) is 1.23. The normalized spacial score (nSPS) is 21.4. The Labute approximate surface area is 192 Å². The summed E-state index contributed by atoms with van der Waals surface area (Å²) < 4.78 is 56.0. The molecule has 1 amide bonds. The van der Waals surface area contributed by atoms with Gasteiger partial charge in [-0.15, -0.1) is 0 Å². The summed E-state index contributed by atoms with van der Waals surface area (Å²) in [6.07, 6.45) is 0.911. The number of fused-ring (bicyclic) bond motifs is 1. The summed E-state index contributed by atoms with van der Waals surface area (Å²) in [5, 5.41) is 2.53. The number of para-hydroxylation sites is 1. The number of carbonyl (C=O) groups excluding carboxylic acids is 2. The third kappa shape index (κ3) is 4.88. The summed E-state index contributed by atoms with van der Waals surface area (Å²) in [5.41, 5.74) is 1.54. The van der Waals surface area contributed by atoms with Crippen LogP contribution in [0.4, 0.5) is 5.69 Å². The van der Waals surface area contributed by atoms with E-state index in [4.69, 9.17) is 4.74 Å². The number of amides is 1. The molecule has 1 saturated heterocycles. The molecule has 4 rings (SSSR count). The first-order valence-electron chi connectivity index (χ1n) is 10.5. The van der Waals surface area contributed by atoms with Crippen LogP contribution in [0.2, 0.25) is 0 Å². The predicted octanol–water partition coefficient (Wildman–Crippen LogP) is 1.29. The molecule has 0 radical (unpaired) electrons. The zero-order valence-corrected chi connectivity index (χ0v) is 19.6. The summed E-state index contributed by atoms with van der Waals surface area (Å²) in [6, 6.07) is 12.0. The number of ether oxygens (including phenoxy) is 1. The number of nitrogens with zero attached hydrogens (tertiary/aromatic N) is 1. The molecule has 33 heavy (non-hydrogen) atoms. The molecule has 0 aromatic heterocycles. The van der Waals surface area contributed by atoms with Gasteiger partial charge in [-0.3, -0.25) is 9.10 Å². The Morgan fingerprint density at radius 2 is 1.91 bits per heavy atom. The lowest BCUT2D eigenvalue weighted by Crippen LogP contribution is -2.38. The molecule has 0 unspecified atom stereocenters. The molecule has 0 bridgehead atoms. The van der Waals surface area contributed by atoms with Crippen molar-refractivity contribution in [2.45, 2.75) is 36.7 Å². The smallest absolute Gasteiger partial charge is 0.338 e. The molecule has 11 heteroatoms. The lowest BCUT2D eigenvalue weighted by molar-refractivity contribution is -0.124. The molecule has 2 aliphatic rings. The van der Waals surface area contributed by atoms with E-state index < -0.39 is 44.4 Å². The van der Waals surface area contributed by atoms with Gasteiger partial charge in [-0.1, -0.05) is 24.3 Å². The Morgan fingerprint density at radius 3 is 2.64 bits per heavy atom. The van der Waals surface area contributed by atoms with E-state index in [1.165, 1.54) is 28.6 Å². The van der Waals surface area contributed by atoms with Gasteiger partial charge >= 0.3 is 5.97 Å². The second-order valence-corrected chi connectivity index (χ2v) is 12.3. The number of anilines is 1. The first kappa shape index (κ1) is 23.2. The second kappa shape index (κ2) is 8.79. The van der Waals surface area contributed by atoms with Crippen molar-refractivity contribution in [3.8, 4) is 0 Å². The lowest BCUT2D eigenvalue weighted by Gasteiger charge is -2.24. The number of benzene rings is 2. The number of hydrogen-bond donors (Lipinski definition) is 1. The molecule has 2 heterocycles. The average Bonchev–Trinajstić information content (AvgIpc) is 3.29. The fourth-order valence-corrected chi connectivity index (χ4v) is 7.61. The third-order valence-corrected chi connectivity index (χ3v) is 9.40. The van der Waals surface area contributed by atoms with Gasteiger partial charge in [0.15, 0.2) is 16.4 Å². The zero-order valence-electron chi connectivity index (χ0n) is 17.9. The maximum absolute atomic E-state index is 13.4. The molecule has 2 atom stereocenters. The highest BCUT2D eigenvalue weighted by molar-refractivity contribution is 7.93. The van der Waals surface area contributed by atoms with E-state index in [1.807, 2.05) is 19.1 Å². The van der Waals surface area contributed by atoms with E-state index in [1.54, 1.807) is 12.1 Å². The van der Waals surface area contributed by atoms with Crippen LogP contribution in [0.5, 0.6) is 0 Å². The monoisotopic (exact) mass is 492 g/mol. The summed E-state index contributed by atoms with van der Waals surface area (Å²) in [4.78, 5) is 24.4. The van der Waals surface area contributed by atoms with Crippen molar-refractivity contribution in [2.24, 2.45) is 0 Å². The Morgan fingerprint density at radius 1 is 1.15 bits per heavy atom. The molecule has 2 aromatic carbocycles. The highest BCUT2D eigenvalue weighted by Crippen LogP contribution is 2.36. The van der Waals surface area contributed by atoms with Crippen LogP contribution in [0.15, 0.2) is 53.4 Å². The van der Waals surface area contributed by atoms with Gasteiger partial charge in [0, 0.05) is 12.1 Å². The van der Waals surface area contributed by atoms with Crippen LogP contribution in [0, 0.1) is 0 Å². The SMILES string of the molecule is C[C@H]1Cc2ccccc2N1S(=O)(=O)c1cccc(C(=O)OCC(=O)N[C@H]2CCS(=O)(=O)C2)c1. The van der Waals surface area contributed by atoms with Crippen molar-refractivity contribution < 1.29 is 31.2 Å². The highest BCUT2D eigenvalue weighted by Gasteiger charge is 2.36. The van der Waals surface area contributed by atoms with Gasteiger partial charge in [-0.2, -0.15) is 0 Å². The molecule has 2 aliphatic heterocycles. The van der Waals surface area contributed by atoms with Gasteiger partial charge in [0.2, 0.25) is 0 Å². The Bertz CT molecular complexity index is 1310. The number of nitrogens with one attached hydrogen (secondary N) is 1. The van der Waals surface area contributed by atoms with Crippen LogP contribution in [0.1, 0.15) is 29.3 Å². The fraction of sp³-hybridized carbons (Fsp3) is 0.364. The number of rotatable bonds is 6. The van der Waals surface area contributed by atoms with Crippen LogP contribution in [0.25, 0.3) is 0 Å². The summed E-state index contributed by atoms with van der Waals surface area (Å²) in [5.74, 6) is -1.59. The topological polar surface area (TPSA) is 127 Å². The molecule has 0 aliphatic carbocycles. The minimum atomic E-state index is -3.93. The molecule has 176 valence electrons. The largest absolute Gasteiger partial charge is 0.452 e. The van der Waals surface area contributed by atoms with Gasteiger partial charge in [0.05, 0.1) is 27.7 Å². The predicted molar refractivity (Wildman–Crippen MR) is 121 cm³/mol. The van der Waals surface area contributed by atoms with Crippen molar-refractivity contribution in [3.63, 3.8) is 0 Å². The van der Waals surface area contributed by atoms with E-state index >= 15 is 0 Å². The molecule has 9 nitrogen and oxygen atoms in total. The first-order chi connectivity index (χ1) is 15.6. The number of sulfone groups is 1. The standard InChI is InChI=1S/C22H24N2O7S2/c1-15-11-16-5-2-3-8-20(16)24(15)33(29,30)19-7-4-6-17(12-19)22(26)31-13-21(25)23-18-9-10-32(27,28)14-18/h2-8,12,15,18H,9-11,13-14H2,1H3,(H,23,25)/t15-,18-/m0/s1. The number of esters is 1. The van der Waals surface area contributed by atoms with Crippen LogP contribution < -0.4 is 9.62 Å². The van der Waals surface area contributed by atoms with Crippen LogP contribution >= 0.6 is 0 Å². The number of hydrogen-bond acceptors (Lipinski definition) is 7. The Kier molecular flexibility index (Phi) is 6.19. The molecule has 1 N–H and O–H groups in total. The molecule has 0 saturated carbocycles. The van der Waals surface area contributed by atoms with E-state index in [-0.39, 0.29) is 28.0 Å². The lowest BCUT2D eigenvalue weighted by atomic mass is 10.1. The maximum Gasteiger partial charge on any atom is 0.338 e. The van der Waals surface area contributed by atoms with Crippen molar-refractivity contribution in [1.82, 2.24) is 5.32 Å². The van der Waals surface area contributed by atoms with E-state index in [0.29, 0.717) is 18.5 Å². The van der Waals surface area contributed by atoms with Crippen LogP contribution in [-0.4, -0.2) is 58.9 Å². The second-order valence-electron chi connectivity index (χ2n) is 8.25. The van der Waals surface area contributed by atoms with Crippen molar-refractivity contribution in [3.05, 3.63) is 59.7 Å². The van der Waals surface area contributed by atoms with Gasteiger partial charge in [0.25, 0.3) is 15.9 Å². The van der Waals surface area contributed by atoms with Gasteiger partial charge in [-0.05, 0) is 49.6 Å². The first-order valence-corrected chi connectivity index (χ1v) is 13.7. The fourth-order valence-electron chi connectivity index (χ4n) is 4.19. The highest BCUT2D eigenvalue weighted by atomic mass is 32.2. The molecular weight excluding hydrogens is 468 g/mol. The molecule has 0 spiro atoms. The number of sulfonamides is 1. The number of carbonyl (C=O) groups is 2. The minimum Gasteiger partial charge on any atom is -0.452 e. The summed E-state index contributed by atoms with van der Waals surface area (Å²) in [7, 11) is -7.07. The molecular formula is C22H24N2O7S2. The quantitative estimate of drug-likeness (QED) is 0.602. The van der Waals surface area contributed by atoms with Gasteiger partial charge in [-0.25, -0.2) is 21.6 Å². The van der Waals surface area contributed by atoms with Crippen molar-refractivity contribution >= 4 is 37.4 Å². The summed E-state index contributed by atoms with van der Waals surface area (Å²) >= 11 is 0. The maximum atomic E-state index is 13.4. The average molecular weight is 493 g/mol. The minimum absolute atomic E-state index is 0.00699. The third-order valence-electron chi connectivity index (χ3n) is 5.70. The molecule has 2 aromatic rings. The Hall–Kier alpha value is -2.92. The van der Waals surface area contributed by atoms with E-state index in [2.05, 4.69) is 5.32 Å².